The normalized spacial score (nSPS) is 7.67. The van der Waals surface area contributed by atoms with Gasteiger partial charge < -0.3 is 15.1 Å². The van der Waals surface area contributed by atoms with E-state index in [1.54, 1.807) is 0 Å². The summed E-state index contributed by atoms with van der Waals surface area (Å²) in [6, 6.07) is 7.72. The smallest absolute Gasteiger partial charge is 0.0350 e. The van der Waals surface area contributed by atoms with E-state index in [4.69, 9.17) is 9.66 Å². The van der Waals surface area contributed by atoms with Crippen LogP contribution in [0.1, 0.15) is 5.56 Å². The van der Waals surface area contributed by atoms with Crippen LogP contribution in [0.15, 0.2) is 29.2 Å². The summed E-state index contributed by atoms with van der Waals surface area (Å²) in [5.41, 5.74) is 1.22. The molecule has 0 aromatic heterocycles. The van der Waals surface area contributed by atoms with Gasteiger partial charge in [0.25, 0.3) is 0 Å². The number of hydrogen-bond acceptors (Lipinski definition) is 3. The highest BCUT2D eigenvalue weighted by Gasteiger charge is 1.87. The quantitative estimate of drug-likeness (QED) is 0.656. The van der Waals surface area contributed by atoms with Crippen LogP contribution in [-0.2, 0) is 0 Å². The zero-order valence-electron chi connectivity index (χ0n) is 7.11. The molecule has 1 rings (SSSR count). The van der Waals surface area contributed by atoms with Gasteiger partial charge in [-0.2, -0.15) is 0 Å². The van der Waals surface area contributed by atoms with E-state index < -0.39 is 0 Å². The number of rotatable bonds is 1. The second kappa shape index (κ2) is 8.55. The summed E-state index contributed by atoms with van der Waals surface area (Å²) in [4.78, 5) is 0.889. The molecule has 0 amide bonds. The van der Waals surface area contributed by atoms with E-state index in [9.17, 15) is 0 Å². The molecule has 0 fully saturated rings. The Balaban J connectivity index is 0. The van der Waals surface area contributed by atoms with Crippen molar-refractivity contribution in [2.24, 2.45) is 0 Å². The minimum absolute atomic E-state index is 0. The van der Waals surface area contributed by atoms with Crippen molar-refractivity contribution in [3.05, 3.63) is 29.8 Å². The van der Waals surface area contributed by atoms with Gasteiger partial charge in [0.05, 0.1) is 0 Å². The molecule has 0 saturated heterocycles. The van der Waals surface area contributed by atoms with Crippen LogP contribution in [0.3, 0.4) is 0 Å². The maximum absolute atomic E-state index is 8.55. The summed E-state index contributed by atoms with van der Waals surface area (Å²) >= 11 is 0.777. The van der Waals surface area contributed by atoms with Crippen LogP contribution >= 0.6 is 12.0 Å². The first-order valence-electron chi connectivity index (χ1n) is 3.16. The van der Waals surface area contributed by atoms with Crippen molar-refractivity contribution in [3.63, 3.8) is 0 Å². The van der Waals surface area contributed by atoms with E-state index in [1.807, 2.05) is 31.2 Å². The Morgan fingerprint density at radius 3 is 1.83 bits per heavy atom. The monoisotopic (exact) mass is 190 g/mol. The predicted molar refractivity (Wildman–Crippen MR) is 51.4 cm³/mol. The van der Waals surface area contributed by atoms with E-state index in [2.05, 4.69) is 0 Å². The zero-order valence-corrected chi connectivity index (χ0v) is 7.93. The lowest BCUT2D eigenvalue weighted by molar-refractivity contribution is 0.399. The molecule has 0 spiro atoms. The van der Waals surface area contributed by atoms with Crippen molar-refractivity contribution < 1.29 is 15.1 Å². The van der Waals surface area contributed by atoms with Gasteiger partial charge in [-0.3, -0.25) is 0 Å². The fraction of sp³-hybridized carbons (Fsp3) is 0.250. The molecule has 70 valence electrons. The fourth-order valence-electron chi connectivity index (χ4n) is 0.599. The summed E-state index contributed by atoms with van der Waals surface area (Å²) < 4.78 is 8.55. The largest absolute Gasteiger partial charge is 0.412 e. The second-order valence-electron chi connectivity index (χ2n) is 1.90. The third kappa shape index (κ3) is 5.15. The van der Waals surface area contributed by atoms with Gasteiger partial charge >= 0.3 is 0 Å². The fourth-order valence-corrected chi connectivity index (χ4v) is 0.857. The highest BCUT2D eigenvalue weighted by molar-refractivity contribution is 7.93. The van der Waals surface area contributed by atoms with Gasteiger partial charge in [-0.1, -0.05) is 17.7 Å². The Morgan fingerprint density at radius 1 is 1.08 bits per heavy atom. The lowest BCUT2D eigenvalue weighted by atomic mass is 10.2. The van der Waals surface area contributed by atoms with Gasteiger partial charge in [-0.25, -0.2) is 0 Å². The molecule has 3 nitrogen and oxygen atoms in total. The summed E-state index contributed by atoms with van der Waals surface area (Å²) in [6.45, 7) is 2.02. The van der Waals surface area contributed by atoms with Gasteiger partial charge in [0.2, 0.25) is 0 Å². The van der Waals surface area contributed by atoms with Crippen molar-refractivity contribution in [1.29, 1.82) is 0 Å². The Labute approximate surface area is 76.6 Å². The topological polar surface area (TPSA) is 72.0 Å². The number of hydrogen-bond donors (Lipinski definition) is 2. The minimum Gasteiger partial charge on any atom is -0.412 e. The molecule has 1 aromatic rings. The number of aliphatic hydroxyl groups is 1. The average Bonchev–Trinajstić information content (AvgIpc) is 2.10. The summed E-state index contributed by atoms with van der Waals surface area (Å²) in [6.07, 6.45) is 0. The van der Waals surface area contributed by atoms with E-state index in [-0.39, 0.29) is 5.48 Å². The lowest BCUT2D eigenvalue weighted by Gasteiger charge is -1.92. The molecule has 0 aliphatic heterocycles. The Kier molecular flexibility index (Phi) is 9.97. The van der Waals surface area contributed by atoms with E-state index in [0.717, 1.165) is 24.0 Å². The molecule has 0 heterocycles. The highest BCUT2D eigenvalue weighted by Crippen LogP contribution is 2.13. The predicted octanol–water partition coefficient (Wildman–Crippen LogP) is 1.34. The molecule has 4 heteroatoms. The third-order valence-corrected chi connectivity index (χ3v) is 1.61. The van der Waals surface area contributed by atoms with Crippen LogP contribution < -0.4 is 0 Å². The van der Waals surface area contributed by atoms with E-state index in [0.29, 0.717) is 0 Å². The van der Waals surface area contributed by atoms with Gasteiger partial charge in [0.1, 0.15) is 0 Å². The molecule has 12 heavy (non-hydrogen) atoms. The van der Waals surface area contributed by atoms with Gasteiger partial charge in [0, 0.05) is 24.0 Å². The first kappa shape index (κ1) is 14.0. The number of benzene rings is 1. The van der Waals surface area contributed by atoms with E-state index in [1.165, 1.54) is 5.56 Å². The maximum atomic E-state index is 8.55. The first-order valence-corrected chi connectivity index (χ1v) is 3.93. The van der Waals surface area contributed by atoms with Gasteiger partial charge in [0.15, 0.2) is 0 Å². The third-order valence-electron chi connectivity index (χ3n) is 1.13. The molecular formula is C8H14O3S. The van der Waals surface area contributed by atoms with Crippen LogP contribution in [0, 0.1) is 6.92 Å². The molecule has 0 aliphatic rings. The minimum atomic E-state index is 0. The van der Waals surface area contributed by atoms with Crippen LogP contribution in [-0.4, -0.2) is 22.2 Å². The standard InChI is InChI=1S/C7H8OS.CH4O.H2O/c1-6-2-4-7(9-8)5-3-6;1-2;/h2-5,8H,1H3;2H,1H3;1H2. The molecule has 0 saturated carbocycles. The summed E-state index contributed by atoms with van der Waals surface area (Å²) in [7, 11) is 1.00. The Morgan fingerprint density at radius 2 is 1.50 bits per heavy atom. The van der Waals surface area contributed by atoms with Crippen LogP contribution in [0.2, 0.25) is 0 Å². The SMILES string of the molecule is CO.Cc1ccc(SO)cc1.O. The molecule has 0 radical (unpaired) electrons. The van der Waals surface area contributed by atoms with E-state index >= 15 is 0 Å². The van der Waals surface area contributed by atoms with Crippen LogP contribution in [0.4, 0.5) is 0 Å². The van der Waals surface area contributed by atoms with Crippen molar-refractivity contribution in [2.75, 3.05) is 7.11 Å². The van der Waals surface area contributed by atoms with Gasteiger partial charge in [-0.15, -0.1) is 0 Å². The van der Waals surface area contributed by atoms with Crippen LogP contribution in [0.25, 0.3) is 0 Å². The van der Waals surface area contributed by atoms with Gasteiger partial charge in [-0.05, 0) is 19.1 Å². The first-order chi connectivity index (χ1) is 5.33. The number of aryl methyl sites for hydroxylation is 1. The second-order valence-corrected chi connectivity index (χ2v) is 2.56. The molecule has 0 unspecified atom stereocenters. The lowest BCUT2D eigenvalue weighted by Crippen LogP contribution is -1.70. The van der Waals surface area contributed by atoms with Crippen molar-refractivity contribution in [1.82, 2.24) is 0 Å². The van der Waals surface area contributed by atoms with Crippen LogP contribution in [0.5, 0.6) is 0 Å². The summed E-state index contributed by atoms with van der Waals surface area (Å²) in [5.74, 6) is 0. The summed E-state index contributed by atoms with van der Waals surface area (Å²) in [5, 5.41) is 7.00. The van der Waals surface area contributed by atoms with Crippen molar-refractivity contribution in [3.8, 4) is 0 Å². The van der Waals surface area contributed by atoms with Crippen molar-refractivity contribution in [2.45, 2.75) is 11.8 Å². The molecular weight excluding hydrogens is 176 g/mol. The highest BCUT2D eigenvalue weighted by atomic mass is 32.2. The molecule has 1 aromatic carbocycles. The Hall–Kier alpha value is -0.550. The zero-order chi connectivity index (χ0) is 8.69. The Bertz CT molecular complexity index is 186. The molecule has 0 atom stereocenters. The maximum Gasteiger partial charge on any atom is 0.0350 e. The molecule has 0 aliphatic carbocycles. The average molecular weight is 190 g/mol. The number of aliphatic hydroxyl groups excluding tert-OH is 1. The molecule has 4 N–H and O–H groups in total. The van der Waals surface area contributed by atoms with Crippen molar-refractivity contribution >= 4 is 12.0 Å². The molecule has 0 bridgehead atoms.